The average Bonchev–Trinajstić information content (AvgIpc) is 3.53. The van der Waals surface area contributed by atoms with Gasteiger partial charge in [-0.3, -0.25) is 29.3 Å². The molecular formula is C59H70N6O6. The van der Waals surface area contributed by atoms with Crippen molar-refractivity contribution in [1.29, 1.82) is 0 Å². The number of likely N-dealkylation sites (tertiary alicyclic amines) is 3. The lowest BCUT2D eigenvalue weighted by Gasteiger charge is -2.41. The van der Waals surface area contributed by atoms with Gasteiger partial charge in [-0.15, -0.1) is 19.3 Å². The zero-order chi connectivity index (χ0) is 58.8. The molecule has 9 rings (SSSR count). The summed E-state index contributed by atoms with van der Waals surface area (Å²) in [5.74, 6) is 7.50. The molecule has 3 aliphatic carbocycles. The van der Waals surface area contributed by atoms with Gasteiger partial charge in [0.2, 0.25) is 0 Å². The number of terminal acetylenes is 3. The molecule has 3 saturated heterocycles. The predicted octanol–water partition coefficient (Wildman–Crippen LogP) is 7.59. The molecule has 0 unspecified atom stereocenters. The molecular weight excluding hydrogens is 889 g/mol. The van der Waals surface area contributed by atoms with E-state index in [0.717, 1.165) is 74.8 Å². The number of methoxy groups -OCH3 is 3. The van der Waals surface area contributed by atoms with Gasteiger partial charge in [-0.05, 0) is 114 Å². The monoisotopic (exact) mass is 968 g/mol. The number of ketones is 3. The number of aromatic nitrogens is 3. The van der Waals surface area contributed by atoms with Gasteiger partial charge in [0.15, 0.2) is 17.3 Å². The fourth-order valence-electron chi connectivity index (χ4n) is 10.00. The molecule has 3 aromatic heterocycles. The second kappa shape index (κ2) is 22.0. The Morgan fingerprint density at radius 1 is 0.577 bits per heavy atom. The predicted molar refractivity (Wildman–Crippen MR) is 278 cm³/mol. The summed E-state index contributed by atoms with van der Waals surface area (Å²) in [6, 6.07) is 7.88. The molecule has 0 radical (unpaired) electrons. The number of hydrogen-bond donors (Lipinski definition) is 0. The topological polar surface area (TPSA) is 127 Å². The van der Waals surface area contributed by atoms with E-state index >= 15 is 0 Å². The maximum absolute atomic E-state index is 12.6. The van der Waals surface area contributed by atoms with Gasteiger partial charge in [0.25, 0.3) is 0 Å². The first kappa shape index (κ1) is 41.3. The van der Waals surface area contributed by atoms with Crippen LogP contribution in [0.15, 0.2) is 53.4 Å². The van der Waals surface area contributed by atoms with Crippen molar-refractivity contribution in [2.24, 2.45) is 0 Å². The SMILES string of the molecule is [2H]C([2H])([2H])OC1(C)CCN(C2=C(C#C)C(=O)Cc3ccc(CC)nc32)CC1.[2H]C([2H])([2H])OC1(C)CCN(C2=C(C#C)C(=O)Cc3cnc(C)cc32)CC1.[2H]C([2H])([2H])OC1(C)CCN(C2=C(C#C)C(=O)Cc3cnc(CC)cc32)CC1. The van der Waals surface area contributed by atoms with Crippen molar-refractivity contribution in [3.8, 4) is 37.0 Å². The molecule has 0 N–H and O–H groups in total. The summed E-state index contributed by atoms with van der Waals surface area (Å²) < 4.78 is 82.3. The minimum atomic E-state index is -2.43. The molecule has 0 bridgehead atoms. The highest BCUT2D eigenvalue weighted by Gasteiger charge is 2.38. The summed E-state index contributed by atoms with van der Waals surface area (Å²) >= 11 is 0. The van der Waals surface area contributed by atoms with Gasteiger partial charge in [0.1, 0.15) is 0 Å². The molecule has 0 spiro atoms. The highest BCUT2D eigenvalue weighted by atomic mass is 16.5. The fourth-order valence-corrected chi connectivity index (χ4v) is 10.00. The highest BCUT2D eigenvalue weighted by Crippen LogP contribution is 2.39. The molecule has 6 aliphatic rings. The zero-order valence-corrected chi connectivity index (χ0v) is 41.8. The van der Waals surface area contributed by atoms with Gasteiger partial charge in [0.05, 0.1) is 68.6 Å². The molecule has 0 amide bonds. The van der Waals surface area contributed by atoms with E-state index in [1.54, 1.807) is 12.4 Å². The van der Waals surface area contributed by atoms with Crippen LogP contribution >= 0.6 is 0 Å². The zero-order valence-electron chi connectivity index (χ0n) is 50.8. The lowest BCUT2D eigenvalue weighted by atomic mass is 9.86. The Labute approximate surface area is 434 Å². The maximum Gasteiger partial charge on any atom is 0.177 e. The van der Waals surface area contributed by atoms with Crippen LogP contribution in [0.5, 0.6) is 0 Å². The van der Waals surface area contributed by atoms with E-state index in [-0.39, 0.29) is 36.6 Å². The van der Waals surface area contributed by atoms with Gasteiger partial charge < -0.3 is 28.9 Å². The molecule has 6 heterocycles. The Morgan fingerprint density at radius 2 is 0.972 bits per heavy atom. The van der Waals surface area contributed by atoms with Crippen molar-refractivity contribution in [2.45, 2.75) is 129 Å². The molecule has 0 saturated carbocycles. The Bertz CT molecular complexity index is 2990. The minimum absolute atomic E-state index is 0.0712. The van der Waals surface area contributed by atoms with Crippen molar-refractivity contribution < 1.29 is 40.9 Å². The summed E-state index contributed by atoms with van der Waals surface area (Å²) in [7, 11) is -7.27. The maximum atomic E-state index is 12.6. The molecule has 3 aliphatic heterocycles. The van der Waals surface area contributed by atoms with E-state index in [2.05, 4.69) is 42.4 Å². The van der Waals surface area contributed by atoms with Crippen LogP contribution in [0.4, 0.5) is 0 Å². The number of hydrogen-bond acceptors (Lipinski definition) is 12. The summed E-state index contributed by atoms with van der Waals surface area (Å²) in [6.45, 7) is 14.8. The van der Waals surface area contributed by atoms with Crippen LogP contribution in [0, 0.1) is 44.0 Å². The third-order valence-corrected chi connectivity index (χ3v) is 14.8. The van der Waals surface area contributed by atoms with Gasteiger partial charge in [0, 0.05) is 120 Å². The molecule has 372 valence electrons. The third kappa shape index (κ3) is 11.1. The molecule has 0 aromatic carbocycles. The number of carbonyl (C=O) groups excluding carboxylic acids is 3. The smallest absolute Gasteiger partial charge is 0.177 e. The Hall–Kier alpha value is -6.36. The molecule has 71 heavy (non-hydrogen) atoms. The van der Waals surface area contributed by atoms with E-state index in [1.165, 1.54) is 0 Å². The normalized spacial score (nSPS) is 22.4. The number of carbonyl (C=O) groups is 3. The van der Waals surface area contributed by atoms with Gasteiger partial charge in [-0.2, -0.15) is 0 Å². The number of pyridine rings is 3. The largest absolute Gasteiger partial charge is 0.378 e. The van der Waals surface area contributed by atoms with E-state index in [0.29, 0.717) is 100 Å². The van der Waals surface area contributed by atoms with Crippen LogP contribution in [0.25, 0.3) is 17.1 Å². The Kier molecular flexibility index (Phi) is 12.8. The van der Waals surface area contributed by atoms with Crippen molar-refractivity contribution >= 4 is 34.4 Å². The average molecular weight is 968 g/mol. The van der Waals surface area contributed by atoms with Crippen molar-refractivity contribution in [3.05, 3.63) is 104 Å². The Morgan fingerprint density at radius 3 is 1.39 bits per heavy atom. The second-order valence-electron chi connectivity index (χ2n) is 19.9. The number of nitrogens with zero attached hydrogens (tertiary/aromatic N) is 6. The highest BCUT2D eigenvalue weighted by molar-refractivity contribution is 6.11. The Balaban J connectivity index is 0.000000173. The van der Waals surface area contributed by atoms with E-state index in [4.69, 9.17) is 50.8 Å². The first-order valence-corrected chi connectivity index (χ1v) is 24.4. The summed E-state index contributed by atoms with van der Waals surface area (Å²) in [6.07, 6.45) is 26.1. The number of rotatable bonds is 8. The number of piperidine rings is 3. The van der Waals surface area contributed by atoms with Crippen LogP contribution in [0.1, 0.15) is 136 Å². The third-order valence-electron chi connectivity index (χ3n) is 14.8. The van der Waals surface area contributed by atoms with Crippen LogP contribution in [-0.4, -0.2) is 124 Å². The van der Waals surface area contributed by atoms with E-state index in [9.17, 15) is 14.4 Å². The van der Waals surface area contributed by atoms with Crippen LogP contribution in [0.3, 0.4) is 0 Å². The first-order chi connectivity index (χ1) is 37.4. The van der Waals surface area contributed by atoms with Gasteiger partial charge in [-0.1, -0.05) is 37.7 Å². The lowest BCUT2D eigenvalue weighted by Crippen LogP contribution is -2.44. The number of fused-ring (bicyclic) bond motifs is 3. The molecule has 3 fully saturated rings. The standard InChI is InChI=1S/2C20H24N2O2.C19H22N2O2/c1-5-15-12-17-14(13-21-15)11-18(23)16(6-2)19(17)22-9-7-20(3,24-4)8-10-22;1-5-15-8-7-14-13-17(23)16(6-2)19(18(14)21-15)22-11-9-20(3,24-4)10-12-22;1-5-15-17(22)11-14-12-20-13(2)10-16(14)18(15)21-8-6-19(3,23-4)7-9-21/h2,12-13H,5,7-11H2,1,3-4H3;2,7-8H,5,9-13H2,1,3-4H3;1,10,12H,6-9,11H2,2-4H3/i3*4D3. The van der Waals surface area contributed by atoms with Crippen molar-refractivity contribution in [1.82, 2.24) is 29.7 Å². The van der Waals surface area contributed by atoms with Gasteiger partial charge in [-0.25, -0.2) is 0 Å². The number of ether oxygens (including phenoxy) is 3. The van der Waals surface area contributed by atoms with Crippen molar-refractivity contribution in [3.63, 3.8) is 0 Å². The number of aryl methyl sites for hydroxylation is 3. The number of Topliss-reactive ketones (excluding diaryl/α,β-unsaturated/α-hetero) is 3. The van der Waals surface area contributed by atoms with E-state index < -0.39 is 37.9 Å². The quantitative estimate of drug-likeness (QED) is 0.207. The molecule has 3 aromatic rings. The van der Waals surface area contributed by atoms with Crippen molar-refractivity contribution in [2.75, 3.05) is 60.4 Å². The van der Waals surface area contributed by atoms with E-state index in [1.807, 2.05) is 65.8 Å². The van der Waals surface area contributed by atoms with Crippen LogP contribution in [0.2, 0.25) is 0 Å². The molecule has 12 nitrogen and oxygen atoms in total. The minimum Gasteiger partial charge on any atom is -0.378 e. The van der Waals surface area contributed by atoms with Crippen LogP contribution in [-0.2, 0) is 60.7 Å². The molecule has 12 heteroatoms. The van der Waals surface area contributed by atoms with Gasteiger partial charge >= 0.3 is 0 Å². The number of allylic oxidation sites excluding steroid dienone is 3. The summed E-state index contributed by atoms with van der Waals surface area (Å²) in [5, 5.41) is 0. The molecule has 0 atom stereocenters. The lowest BCUT2D eigenvalue weighted by molar-refractivity contribution is -0.115. The summed E-state index contributed by atoms with van der Waals surface area (Å²) in [5.41, 5.74) is 9.35. The summed E-state index contributed by atoms with van der Waals surface area (Å²) in [4.78, 5) is 57.3. The second-order valence-corrected chi connectivity index (χ2v) is 19.9. The van der Waals surface area contributed by atoms with Crippen LogP contribution < -0.4 is 0 Å². The first-order valence-electron chi connectivity index (χ1n) is 28.9. The fraction of sp³-hybridized carbons (Fsp3) is 0.492.